The highest BCUT2D eigenvalue weighted by Crippen LogP contribution is 2.00. The summed E-state index contributed by atoms with van der Waals surface area (Å²) in [5.74, 6) is 0. The lowest BCUT2D eigenvalue weighted by Gasteiger charge is -2.02. The van der Waals surface area contributed by atoms with E-state index in [1.165, 1.54) is 6.40 Å². The van der Waals surface area contributed by atoms with Crippen molar-refractivity contribution in [3.8, 4) is 0 Å². The van der Waals surface area contributed by atoms with Crippen molar-refractivity contribution in [2.75, 3.05) is 6.61 Å². The first kappa shape index (κ1) is 5.41. The standard InChI is InChI=1S/C5H9NO2/c1-2-5-3-8-4-6(5)7/h4-5H,2-3H2,1H3. The molecular formula is C5H9NO2. The lowest BCUT2D eigenvalue weighted by molar-refractivity contribution is -0.485. The summed E-state index contributed by atoms with van der Waals surface area (Å²) in [6.45, 7) is 2.53. The van der Waals surface area contributed by atoms with Crippen LogP contribution in [0.3, 0.4) is 0 Å². The average Bonchev–Trinajstić information content (AvgIpc) is 2.14. The topological polar surface area (TPSA) is 35.3 Å². The van der Waals surface area contributed by atoms with E-state index in [-0.39, 0.29) is 6.04 Å². The Morgan fingerprint density at radius 3 is 3.00 bits per heavy atom. The predicted octanol–water partition coefficient (Wildman–Crippen LogP) is 0.334. The predicted molar refractivity (Wildman–Crippen MR) is 29.7 cm³/mol. The molecule has 0 radical (unpaired) electrons. The largest absolute Gasteiger partial charge is 0.621 e. The van der Waals surface area contributed by atoms with Crippen LogP contribution in [0.25, 0.3) is 0 Å². The summed E-state index contributed by atoms with van der Waals surface area (Å²) in [6, 6.07) is 0.0648. The minimum Gasteiger partial charge on any atom is -0.621 e. The third-order valence-corrected chi connectivity index (χ3v) is 1.30. The van der Waals surface area contributed by atoms with E-state index in [1.807, 2.05) is 6.92 Å². The van der Waals surface area contributed by atoms with Crippen LogP contribution in [-0.2, 0) is 4.74 Å². The zero-order chi connectivity index (χ0) is 5.98. The van der Waals surface area contributed by atoms with Gasteiger partial charge in [0, 0.05) is 6.42 Å². The molecular weight excluding hydrogens is 106 g/mol. The Hall–Kier alpha value is -0.730. The van der Waals surface area contributed by atoms with Crippen molar-refractivity contribution in [1.82, 2.24) is 0 Å². The van der Waals surface area contributed by atoms with Crippen molar-refractivity contribution in [1.29, 1.82) is 0 Å². The molecule has 3 nitrogen and oxygen atoms in total. The first-order chi connectivity index (χ1) is 3.84. The summed E-state index contributed by atoms with van der Waals surface area (Å²) < 4.78 is 5.61. The minimum atomic E-state index is 0.0648. The van der Waals surface area contributed by atoms with Crippen LogP contribution in [-0.4, -0.2) is 23.8 Å². The first-order valence-corrected chi connectivity index (χ1v) is 2.75. The molecule has 0 aromatic carbocycles. The van der Waals surface area contributed by atoms with E-state index in [0.29, 0.717) is 6.61 Å². The molecule has 0 aromatic heterocycles. The molecule has 0 aliphatic carbocycles. The number of hydroxylamine groups is 1. The van der Waals surface area contributed by atoms with Crippen LogP contribution in [0.1, 0.15) is 13.3 Å². The molecule has 0 saturated carbocycles. The zero-order valence-electron chi connectivity index (χ0n) is 4.83. The number of ether oxygens (including phenoxy) is 1. The van der Waals surface area contributed by atoms with Gasteiger partial charge < -0.3 is 9.94 Å². The lowest BCUT2D eigenvalue weighted by Crippen LogP contribution is -2.17. The normalized spacial score (nSPS) is 27.1. The van der Waals surface area contributed by atoms with E-state index in [0.717, 1.165) is 11.2 Å². The van der Waals surface area contributed by atoms with Crippen molar-refractivity contribution in [3.63, 3.8) is 0 Å². The van der Waals surface area contributed by atoms with Gasteiger partial charge in [-0.1, -0.05) is 6.92 Å². The average molecular weight is 115 g/mol. The van der Waals surface area contributed by atoms with Crippen LogP contribution in [0.15, 0.2) is 0 Å². The van der Waals surface area contributed by atoms with Gasteiger partial charge in [-0.05, 0) is 0 Å². The summed E-state index contributed by atoms with van der Waals surface area (Å²) in [5, 5.41) is 10.5. The molecule has 0 amide bonds. The molecule has 0 saturated heterocycles. The molecule has 1 heterocycles. The van der Waals surface area contributed by atoms with Crippen molar-refractivity contribution < 1.29 is 9.48 Å². The smallest absolute Gasteiger partial charge is 0.335 e. The van der Waals surface area contributed by atoms with Gasteiger partial charge in [-0.25, -0.2) is 0 Å². The summed E-state index contributed by atoms with van der Waals surface area (Å²) in [5.41, 5.74) is 0. The van der Waals surface area contributed by atoms with Crippen LogP contribution in [0.2, 0.25) is 0 Å². The quantitative estimate of drug-likeness (QED) is 0.364. The summed E-state index contributed by atoms with van der Waals surface area (Å²) >= 11 is 0. The molecule has 0 N–H and O–H groups in total. The number of hydrogen-bond donors (Lipinski definition) is 0. The van der Waals surface area contributed by atoms with E-state index in [1.54, 1.807) is 0 Å². The minimum absolute atomic E-state index is 0.0648. The molecule has 8 heavy (non-hydrogen) atoms. The second kappa shape index (κ2) is 2.03. The van der Waals surface area contributed by atoms with Gasteiger partial charge in [-0.2, -0.15) is 4.74 Å². The van der Waals surface area contributed by atoms with Crippen LogP contribution in [0.4, 0.5) is 0 Å². The molecule has 1 rings (SSSR count). The number of nitrogens with zero attached hydrogens (tertiary/aromatic N) is 1. The van der Waals surface area contributed by atoms with Gasteiger partial charge in [0.1, 0.15) is 0 Å². The fourth-order valence-corrected chi connectivity index (χ4v) is 0.685. The monoisotopic (exact) mass is 115 g/mol. The highest BCUT2D eigenvalue weighted by Gasteiger charge is 2.19. The van der Waals surface area contributed by atoms with Crippen molar-refractivity contribution in [2.45, 2.75) is 19.4 Å². The lowest BCUT2D eigenvalue weighted by atomic mass is 10.3. The Labute approximate surface area is 48.2 Å². The van der Waals surface area contributed by atoms with Gasteiger partial charge in [0.2, 0.25) is 0 Å². The van der Waals surface area contributed by atoms with Gasteiger partial charge in [0.05, 0.1) is 0 Å². The van der Waals surface area contributed by atoms with E-state index in [2.05, 4.69) is 0 Å². The van der Waals surface area contributed by atoms with Crippen LogP contribution in [0.5, 0.6) is 0 Å². The molecule has 0 aromatic rings. The first-order valence-electron chi connectivity index (χ1n) is 2.75. The highest BCUT2D eigenvalue weighted by atomic mass is 16.6. The van der Waals surface area contributed by atoms with Crippen molar-refractivity contribution in [3.05, 3.63) is 5.21 Å². The maximum atomic E-state index is 10.5. The summed E-state index contributed by atoms with van der Waals surface area (Å²) in [4.78, 5) is 0. The molecule has 3 heteroatoms. The molecule has 1 unspecified atom stereocenters. The number of hydrogen-bond acceptors (Lipinski definition) is 2. The molecule has 1 aliphatic rings. The second-order valence-corrected chi connectivity index (χ2v) is 1.86. The SMILES string of the molecule is CCC1COC=[N+]1[O-]. The fourth-order valence-electron chi connectivity index (χ4n) is 0.685. The van der Waals surface area contributed by atoms with Gasteiger partial charge in [-0.15, -0.1) is 0 Å². The Bertz CT molecular complexity index is 111. The Kier molecular flexibility index (Phi) is 1.37. The molecule has 46 valence electrons. The Morgan fingerprint density at radius 2 is 2.75 bits per heavy atom. The van der Waals surface area contributed by atoms with Crippen LogP contribution in [0, 0.1) is 5.21 Å². The number of rotatable bonds is 1. The van der Waals surface area contributed by atoms with Crippen LogP contribution >= 0.6 is 0 Å². The maximum absolute atomic E-state index is 10.5. The van der Waals surface area contributed by atoms with Gasteiger partial charge in [0.15, 0.2) is 12.6 Å². The fraction of sp³-hybridized carbons (Fsp3) is 0.800. The summed E-state index contributed by atoms with van der Waals surface area (Å²) in [6.07, 6.45) is 2.09. The summed E-state index contributed by atoms with van der Waals surface area (Å²) in [7, 11) is 0. The highest BCUT2D eigenvalue weighted by molar-refractivity contribution is 5.41. The Morgan fingerprint density at radius 1 is 2.00 bits per heavy atom. The van der Waals surface area contributed by atoms with Crippen molar-refractivity contribution in [2.24, 2.45) is 0 Å². The molecule has 0 spiro atoms. The Balaban J connectivity index is 2.46. The second-order valence-electron chi connectivity index (χ2n) is 1.86. The molecule has 0 bridgehead atoms. The maximum Gasteiger partial charge on any atom is 0.335 e. The van der Waals surface area contributed by atoms with Gasteiger partial charge in [0.25, 0.3) is 0 Å². The molecule has 0 fully saturated rings. The molecule has 1 aliphatic heterocycles. The van der Waals surface area contributed by atoms with Gasteiger partial charge >= 0.3 is 6.40 Å². The van der Waals surface area contributed by atoms with E-state index >= 15 is 0 Å². The third kappa shape index (κ3) is 0.757. The van der Waals surface area contributed by atoms with E-state index in [4.69, 9.17) is 4.74 Å². The zero-order valence-corrected chi connectivity index (χ0v) is 4.83. The van der Waals surface area contributed by atoms with Crippen molar-refractivity contribution >= 4 is 6.40 Å². The molecule has 1 atom stereocenters. The third-order valence-electron chi connectivity index (χ3n) is 1.30. The van der Waals surface area contributed by atoms with Crippen LogP contribution < -0.4 is 0 Å². The van der Waals surface area contributed by atoms with Gasteiger partial charge in [-0.3, -0.25) is 0 Å². The van der Waals surface area contributed by atoms with E-state index < -0.39 is 0 Å². The van der Waals surface area contributed by atoms with E-state index in [9.17, 15) is 5.21 Å².